The third-order valence-corrected chi connectivity index (χ3v) is 9.91. The van der Waals surface area contributed by atoms with Crippen LogP contribution in [0.3, 0.4) is 0 Å². The molecule has 192 valence electrons. The van der Waals surface area contributed by atoms with E-state index in [0.29, 0.717) is 19.4 Å². The lowest BCUT2D eigenvalue weighted by atomic mass is 9.42. The second kappa shape index (κ2) is 8.43. The van der Waals surface area contributed by atoms with Crippen LogP contribution in [0.4, 0.5) is 0 Å². The first-order chi connectivity index (χ1) is 16.0. The Morgan fingerprint density at radius 2 is 1.91 bits per heavy atom. The maximum Gasteiger partial charge on any atom is 0.308 e. The Balaban J connectivity index is 1.54. The molecular formula is C26H40O8. The van der Waals surface area contributed by atoms with E-state index >= 15 is 0 Å². The molecule has 8 heteroatoms. The number of esters is 2. The summed E-state index contributed by atoms with van der Waals surface area (Å²) in [6, 6.07) is 0. The predicted molar refractivity (Wildman–Crippen MR) is 120 cm³/mol. The summed E-state index contributed by atoms with van der Waals surface area (Å²) in [5, 5.41) is 9.92. The summed E-state index contributed by atoms with van der Waals surface area (Å²) in [4.78, 5) is 24.9. The van der Waals surface area contributed by atoms with E-state index in [9.17, 15) is 14.7 Å². The first-order valence-electron chi connectivity index (χ1n) is 13.0. The SMILES string of the molecule is CC(=O)OC1CC(C)C(C)(C2CC3CC(O)OC3O2)C2CCCC3(CO3)C12COC(=O)C(C)C. The molecule has 0 amide bonds. The van der Waals surface area contributed by atoms with Crippen molar-refractivity contribution in [2.75, 3.05) is 13.2 Å². The molecule has 3 aliphatic heterocycles. The summed E-state index contributed by atoms with van der Waals surface area (Å²) < 4.78 is 30.4. The van der Waals surface area contributed by atoms with Crippen LogP contribution in [0.2, 0.25) is 0 Å². The van der Waals surface area contributed by atoms with Crippen LogP contribution in [0, 0.1) is 34.5 Å². The van der Waals surface area contributed by atoms with Crippen LogP contribution in [0.25, 0.3) is 0 Å². The number of carbonyl (C=O) groups is 2. The number of carbonyl (C=O) groups excluding carboxylic acids is 2. The van der Waals surface area contributed by atoms with Crippen molar-refractivity contribution in [3.63, 3.8) is 0 Å². The van der Waals surface area contributed by atoms with Crippen molar-refractivity contribution in [3.8, 4) is 0 Å². The fraction of sp³-hybridized carbons (Fsp3) is 0.923. The maximum absolute atomic E-state index is 12.6. The number of hydrogen-bond acceptors (Lipinski definition) is 8. The Labute approximate surface area is 202 Å². The van der Waals surface area contributed by atoms with Crippen molar-refractivity contribution < 1.29 is 38.4 Å². The lowest BCUT2D eigenvalue weighted by Crippen LogP contribution is -2.69. The molecule has 10 atom stereocenters. The standard InChI is InChI=1S/C26H40O8/c1-14(2)22(29)30-13-26-18(7-6-8-25(26)12-31-25)24(5,15(3)9-20(26)32-16(4)27)19-10-17-11-21(28)34-23(17)33-19/h14-15,17-21,23,28H,6-13H2,1-5H3. The summed E-state index contributed by atoms with van der Waals surface area (Å²) in [7, 11) is 0. The van der Waals surface area contributed by atoms with Crippen LogP contribution in [-0.2, 0) is 33.3 Å². The van der Waals surface area contributed by atoms with E-state index in [1.165, 1.54) is 6.92 Å². The van der Waals surface area contributed by atoms with Gasteiger partial charge in [0.1, 0.15) is 18.3 Å². The zero-order chi connectivity index (χ0) is 24.5. The molecule has 5 aliphatic rings. The molecule has 0 aromatic carbocycles. The Morgan fingerprint density at radius 3 is 2.53 bits per heavy atom. The van der Waals surface area contributed by atoms with E-state index < -0.39 is 17.3 Å². The first-order valence-corrected chi connectivity index (χ1v) is 13.0. The highest BCUT2D eigenvalue weighted by atomic mass is 16.7. The van der Waals surface area contributed by atoms with Gasteiger partial charge in [0.2, 0.25) is 0 Å². The number of aliphatic hydroxyl groups is 1. The van der Waals surface area contributed by atoms with Gasteiger partial charge in [-0.15, -0.1) is 0 Å². The Bertz CT molecular complexity index is 810. The molecule has 0 bridgehead atoms. The molecule has 5 fully saturated rings. The van der Waals surface area contributed by atoms with Gasteiger partial charge < -0.3 is 28.8 Å². The maximum atomic E-state index is 12.6. The lowest BCUT2D eigenvalue weighted by Gasteiger charge is -2.64. The molecule has 8 nitrogen and oxygen atoms in total. The van der Waals surface area contributed by atoms with Crippen LogP contribution < -0.4 is 0 Å². The van der Waals surface area contributed by atoms with Gasteiger partial charge >= 0.3 is 11.9 Å². The predicted octanol–water partition coefficient (Wildman–Crippen LogP) is 3.19. The Morgan fingerprint density at radius 1 is 1.18 bits per heavy atom. The highest BCUT2D eigenvalue weighted by Gasteiger charge is 2.76. The number of ether oxygens (including phenoxy) is 5. The summed E-state index contributed by atoms with van der Waals surface area (Å²) in [5.74, 6) is -0.332. The van der Waals surface area contributed by atoms with Gasteiger partial charge in [0.15, 0.2) is 12.6 Å². The third kappa shape index (κ3) is 3.54. The van der Waals surface area contributed by atoms with Crippen molar-refractivity contribution >= 4 is 11.9 Å². The van der Waals surface area contributed by atoms with E-state index in [1.54, 1.807) is 0 Å². The van der Waals surface area contributed by atoms with Gasteiger partial charge in [-0.3, -0.25) is 9.59 Å². The van der Waals surface area contributed by atoms with Crippen molar-refractivity contribution in [2.24, 2.45) is 34.5 Å². The topological polar surface area (TPSA) is 104 Å². The van der Waals surface area contributed by atoms with Gasteiger partial charge in [0, 0.05) is 24.7 Å². The average Bonchev–Trinajstić information content (AvgIpc) is 3.29. The van der Waals surface area contributed by atoms with Crippen LogP contribution in [0.15, 0.2) is 0 Å². The zero-order valence-corrected chi connectivity index (χ0v) is 21.1. The number of epoxide rings is 1. The number of rotatable bonds is 5. The molecule has 5 rings (SSSR count). The minimum atomic E-state index is -0.756. The van der Waals surface area contributed by atoms with Gasteiger partial charge in [0.25, 0.3) is 0 Å². The quantitative estimate of drug-likeness (QED) is 0.473. The Kier molecular flexibility index (Phi) is 6.06. The minimum Gasteiger partial charge on any atom is -0.465 e. The highest BCUT2D eigenvalue weighted by Crippen LogP contribution is 2.70. The van der Waals surface area contributed by atoms with Crippen LogP contribution >= 0.6 is 0 Å². The largest absolute Gasteiger partial charge is 0.465 e. The van der Waals surface area contributed by atoms with Gasteiger partial charge in [-0.25, -0.2) is 0 Å². The molecule has 0 aromatic heterocycles. The van der Waals surface area contributed by atoms with E-state index in [1.807, 2.05) is 13.8 Å². The monoisotopic (exact) mass is 480 g/mol. The fourth-order valence-corrected chi connectivity index (χ4v) is 7.92. The fourth-order valence-electron chi connectivity index (χ4n) is 7.92. The number of aliphatic hydroxyl groups excluding tert-OH is 1. The summed E-state index contributed by atoms with van der Waals surface area (Å²) >= 11 is 0. The molecular weight excluding hydrogens is 440 g/mol. The number of fused-ring (bicyclic) bond motifs is 3. The van der Waals surface area contributed by atoms with Crippen LogP contribution in [-0.4, -0.2) is 60.6 Å². The van der Waals surface area contributed by atoms with Gasteiger partial charge in [0.05, 0.1) is 24.0 Å². The molecule has 34 heavy (non-hydrogen) atoms. The van der Waals surface area contributed by atoms with E-state index in [4.69, 9.17) is 23.7 Å². The normalized spacial score (nSPS) is 49.6. The molecule has 3 saturated heterocycles. The smallest absolute Gasteiger partial charge is 0.308 e. The van der Waals surface area contributed by atoms with Crippen molar-refractivity contribution in [1.82, 2.24) is 0 Å². The molecule has 1 spiro atoms. The summed E-state index contributed by atoms with van der Waals surface area (Å²) in [5.41, 5.74) is -1.32. The molecule has 2 aliphatic carbocycles. The van der Waals surface area contributed by atoms with Crippen molar-refractivity contribution in [3.05, 3.63) is 0 Å². The molecule has 2 saturated carbocycles. The van der Waals surface area contributed by atoms with Gasteiger partial charge in [-0.2, -0.15) is 0 Å². The zero-order valence-electron chi connectivity index (χ0n) is 21.1. The highest BCUT2D eigenvalue weighted by molar-refractivity contribution is 5.71. The second-order valence-electron chi connectivity index (χ2n) is 11.9. The Hall–Kier alpha value is -1.22. The van der Waals surface area contributed by atoms with Crippen LogP contribution in [0.5, 0.6) is 0 Å². The molecule has 0 radical (unpaired) electrons. The number of hydrogen-bond donors (Lipinski definition) is 1. The second-order valence-corrected chi connectivity index (χ2v) is 11.9. The average molecular weight is 481 g/mol. The third-order valence-electron chi connectivity index (χ3n) is 9.91. The molecule has 3 heterocycles. The minimum absolute atomic E-state index is 0.0534. The van der Waals surface area contributed by atoms with Crippen LogP contribution in [0.1, 0.15) is 73.1 Å². The summed E-state index contributed by atoms with van der Waals surface area (Å²) in [6.07, 6.45) is 3.32. The van der Waals surface area contributed by atoms with Crippen molar-refractivity contribution in [2.45, 2.75) is 104 Å². The van der Waals surface area contributed by atoms with E-state index in [-0.39, 0.29) is 66.1 Å². The molecule has 0 aromatic rings. The lowest BCUT2D eigenvalue weighted by molar-refractivity contribution is -0.264. The van der Waals surface area contributed by atoms with Crippen molar-refractivity contribution in [1.29, 1.82) is 0 Å². The van der Waals surface area contributed by atoms with E-state index in [2.05, 4.69) is 13.8 Å². The van der Waals surface area contributed by atoms with Gasteiger partial charge in [-0.1, -0.05) is 34.1 Å². The first kappa shape index (κ1) is 24.5. The van der Waals surface area contributed by atoms with E-state index in [0.717, 1.165) is 25.7 Å². The summed E-state index contributed by atoms with van der Waals surface area (Å²) in [6.45, 7) is 10.4. The van der Waals surface area contributed by atoms with Gasteiger partial charge in [-0.05, 0) is 37.5 Å². The molecule has 1 N–H and O–H groups in total. The molecule has 10 unspecified atom stereocenters.